The summed E-state index contributed by atoms with van der Waals surface area (Å²) in [5, 5.41) is 0. The summed E-state index contributed by atoms with van der Waals surface area (Å²) in [7, 11) is 0. The average molecular weight is 332 g/mol. The molecule has 1 atom stereocenters. The van der Waals surface area contributed by atoms with Gasteiger partial charge in [0.1, 0.15) is 5.75 Å². The molecule has 6 heteroatoms. The van der Waals surface area contributed by atoms with E-state index in [-0.39, 0.29) is 17.7 Å². The third kappa shape index (κ3) is 3.88. The van der Waals surface area contributed by atoms with E-state index in [1.807, 2.05) is 18.2 Å². The number of pyridine rings is 1. The van der Waals surface area contributed by atoms with Gasteiger partial charge in [-0.3, -0.25) is 9.78 Å². The second kappa shape index (κ2) is 6.95. The first-order valence-electron chi connectivity index (χ1n) is 7.86. The summed E-state index contributed by atoms with van der Waals surface area (Å²) in [6.45, 7) is 2.02. The smallest absolute Gasteiger partial charge is 0.263 e. The lowest BCUT2D eigenvalue weighted by molar-refractivity contribution is -0.139. The lowest BCUT2D eigenvalue weighted by atomic mass is 10.2. The highest BCUT2D eigenvalue weighted by molar-refractivity contribution is 5.81. The Balaban J connectivity index is 1.68. The Bertz CT molecular complexity index is 720. The molecule has 1 aliphatic rings. The number of hydrogen-bond acceptors (Lipinski definition) is 3. The highest BCUT2D eigenvalue weighted by Crippen LogP contribution is 2.29. The summed E-state index contributed by atoms with van der Waals surface area (Å²) < 4.78 is 31.7. The zero-order valence-corrected chi connectivity index (χ0v) is 13.3. The van der Waals surface area contributed by atoms with Crippen LogP contribution in [-0.4, -0.2) is 27.9 Å². The SMILES string of the molecule is C[C@H](Oc1ccc(F)c(F)c1)C(=O)N(Cc1ccccn1)C1CC1. The summed E-state index contributed by atoms with van der Waals surface area (Å²) >= 11 is 0. The minimum absolute atomic E-state index is 0.128. The van der Waals surface area contributed by atoms with Crippen LogP contribution in [0.15, 0.2) is 42.6 Å². The molecule has 4 nitrogen and oxygen atoms in total. The van der Waals surface area contributed by atoms with Crippen LogP contribution in [0.5, 0.6) is 5.75 Å². The highest BCUT2D eigenvalue weighted by atomic mass is 19.2. The van der Waals surface area contributed by atoms with Crippen molar-refractivity contribution in [3.8, 4) is 5.75 Å². The highest BCUT2D eigenvalue weighted by Gasteiger charge is 2.35. The van der Waals surface area contributed by atoms with Crippen LogP contribution in [0.2, 0.25) is 0 Å². The van der Waals surface area contributed by atoms with Crippen LogP contribution in [0.4, 0.5) is 8.78 Å². The summed E-state index contributed by atoms with van der Waals surface area (Å²) in [5.74, 6) is -2.01. The van der Waals surface area contributed by atoms with Crippen molar-refractivity contribution >= 4 is 5.91 Å². The van der Waals surface area contributed by atoms with Crippen molar-refractivity contribution < 1.29 is 18.3 Å². The van der Waals surface area contributed by atoms with Crippen molar-refractivity contribution in [3.63, 3.8) is 0 Å². The standard InChI is InChI=1S/C18H18F2N2O2/c1-12(24-15-7-8-16(19)17(20)10-15)18(23)22(14-5-6-14)11-13-4-2-3-9-21-13/h2-4,7-10,12,14H,5-6,11H2,1H3/t12-/m0/s1. The van der Waals surface area contributed by atoms with E-state index in [4.69, 9.17) is 4.74 Å². The van der Waals surface area contributed by atoms with Crippen molar-refractivity contribution in [1.82, 2.24) is 9.88 Å². The molecular weight excluding hydrogens is 314 g/mol. The zero-order chi connectivity index (χ0) is 17.1. The van der Waals surface area contributed by atoms with Crippen molar-refractivity contribution in [3.05, 3.63) is 59.9 Å². The minimum atomic E-state index is -1.00. The molecular formula is C18H18F2N2O2. The van der Waals surface area contributed by atoms with Crippen LogP contribution in [0.25, 0.3) is 0 Å². The second-order valence-electron chi connectivity index (χ2n) is 5.85. The molecule has 0 spiro atoms. The number of halogens is 2. The predicted octanol–water partition coefficient (Wildman–Crippen LogP) is 3.32. The van der Waals surface area contributed by atoms with Crippen molar-refractivity contribution in [2.45, 2.75) is 38.5 Å². The monoisotopic (exact) mass is 332 g/mol. The van der Waals surface area contributed by atoms with Gasteiger partial charge in [0.2, 0.25) is 0 Å². The van der Waals surface area contributed by atoms with E-state index in [0.717, 1.165) is 30.7 Å². The Morgan fingerprint density at radius 1 is 1.29 bits per heavy atom. The van der Waals surface area contributed by atoms with Gasteiger partial charge >= 0.3 is 0 Å². The molecule has 1 aromatic carbocycles. The van der Waals surface area contributed by atoms with E-state index >= 15 is 0 Å². The first-order valence-corrected chi connectivity index (χ1v) is 7.86. The summed E-state index contributed by atoms with van der Waals surface area (Å²) in [4.78, 5) is 18.7. The molecule has 24 heavy (non-hydrogen) atoms. The van der Waals surface area contributed by atoms with Crippen LogP contribution >= 0.6 is 0 Å². The fourth-order valence-electron chi connectivity index (χ4n) is 2.48. The fraction of sp³-hybridized carbons (Fsp3) is 0.333. The van der Waals surface area contributed by atoms with Gasteiger partial charge in [0.15, 0.2) is 17.7 Å². The van der Waals surface area contributed by atoms with Crippen LogP contribution < -0.4 is 4.74 Å². The van der Waals surface area contributed by atoms with Gasteiger partial charge in [0.25, 0.3) is 5.91 Å². The molecule has 1 amide bonds. The summed E-state index contributed by atoms with van der Waals surface area (Å²) in [6, 6.07) is 8.98. The number of carbonyl (C=O) groups excluding carboxylic acids is 1. The normalized spacial score (nSPS) is 15.0. The summed E-state index contributed by atoms with van der Waals surface area (Å²) in [6.07, 6.45) is 2.80. The Morgan fingerprint density at radius 2 is 2.08 bits per heavy atom. The maximum absolute atomic E-state index is 13.3. The number of benzene rings is 1. The molecule has 0 saturated heterocycles. The molecule has 1 saturated carbocycles. The van der Waals surface area contributed by atoms with Gasteiger partial charge in [-0.1, -0.05) is 6.07 Å². The van der Waals surface area contributed by atoms with Gasteiger partial charge in [-0.2, -0.15) is 0 Å². The molecule has 0 N–H and O–H groups in total. The lowest BCUT2D eigenvalue weighted by Gasteiger charge is -2.26. The Kier molecular flexibility index (Phi) is 4.74. The number of ether oxygens (including phenoxy) is 1. The molecule has 1 aromatic heterocycles. The van der Waals surface area contributed by atoms with E-state index in [1.165, 1.54) is 6.07 Å². The molecule has 0 radical (unpaired) electrons. The van der Waals surface area contributed by atoms with Gasteiger partial charge in [0, 0.05) is 18.3 Å². The number of hydrogen-bond donors (Lipinski definition) is 0. The van der Waals surface area contributed by atoms with E-state index in [0.29, 0.717) is 6.54 Å². The summed E-state index contributed by atoms with van der Waals surface area (Å²) in [5.41, 5.74) is 0.803. The molecule has 1 fully saturated rings. The Labute approximate surface area is 139 Å². The van der Waals surface area contributed by atoms with E-state index in [2.05, 4.69) is 4.98 Å². The van der Waals surface area contributed by atoms with Crippen LogP contribution in [0, 0.1) is 11.6 Å². The molecule has 2 aromatic rings. The van der Waals surface area contributed by atoms with E-state index < -0.39 is 17.7 Å². The first-order chi connectivity index (χ1) is 11.5. The van der Waals surface area contributed by atoms with Crippen molar-refractivity contribution in [2.24, 2.45) is 0 Å². The first kappa shape index (κ1) is 16.4. The fourth-order valence-corrected chi connectivity index (χ4v) is 2.48. The Morgan fingerprint density at radius 3 is 2.71 bits per heavy atom. The molecule has 1 heterocycles. The van der Waals surface area contributed by atoms with Crippen LogP contribution in [0.1, 0.15) is 25.5 Å². The number of amides is 1. The molecule has 3 rings (SSSR count). The third-order valence-corrected chi connectivity index (χ3v) is 3.88. The molecule has 0 unspecified atom stereocenters. The largest absolute Gasteiger partial charge is 0.481 e. The predicted molar refractivity (Wildman–Crippen MR) is 84.3 cm³/mol. The van der Waals surface area contributed by atoms with Gasteiger partial charge < -0.3 is 9.64 Å². The molecule has 126 valence electrons. The third-order valence-electron chi connectivity index (χ3n) is 3.88. The second-order valence-corrected chi connectivity index (χ2v) is 5.85. The Hall–Kier alpha value is -2.50. The molecule has 1 aliphatic carbocycles. The topological polar surface area (TPSA) is 42.4 Å². The molecule has 0 aliphatic heterocycles. The lowest BCUT2D eigenvalue weighted by Crippen LogP contribution is -2.41. The maximum atomic E-state index is 13.3. The van der Waals surface area contributed by atoms with E-state index in [1.54, 1.807) is 18.0 Å². The van der Waals surface area contributed by atoms with Gasteiger partial charge in [-0.25, -0.2) is 8.78 Å². The number of nitrogens with zero attached hydrogens (tertiary/aromatic N) is 2. The van der Waals surface area contributed by atoms with Gasteiger partial charge in [0.05, 0.1) is 12.2 Å². The van der Waals surface area contributed by atoms with Gasteiger partial charge in [-0.15, -0.1) is 0 Å². The average Bonchev–Trinajstić information content (AvgIpc) is 3.41. The number of carbonyl (C=O) groups is 1. The van der Waals surface area contributed by atoms with Gasteiger partial charge in [-0.05, 0) is 44.0 Å². The quantitative estimate of drug-likeness (QED) is 0.815. The number of aromatic nitrogens is 1. The van der Waals surface area contributed by atoms with E-state index in [9.17, 15) is 13.6 Å². The van der Waals surface area contributed by atoms with Crippen molar-refractivity contribution in [2.75, 3.05) is 0 Å². The maximum Gasteiger partial charge on any atom is 0.263 e. The minimum Gasteiger partial charge on any atom is -0.481 e. The zero-order valence-electron chi connectivity index (χ0n) is 13.3. The van der Waals surface area contributed by atoms with Crippen LogP contribution in [0.3, 0.4) is 0 Å². The number of rotatable bonds is 6. The molecule has 0 bridgehead atoms. The van der Waals surface area contributed by atoms with Crippen molar-refractivity contribution in [1.29, 1.82) is 0 Å². The van der Waals surface area contributed by atoms with Crippen LogP contribution in [-0.2, 0) is 11.3 Å².